The van der Waals surface area contributed by atoms with Crippen LogP contribution in [0.5, 0.6) is 0 Å². The summed E-state index contributed by atoms with van der Waals surface area (Å²) < 4.78 is 0.981. The van der Waals surface area contributed by atoms with Crippen molar-refractivity contribution >= 4 is 40.3 Å². The lowest BCUT2D eigenvalue weighted by molar-refractivity contribution is -0.142. The molecule has 0 aromatic rings. The van der Waals surface area contributed by atoms with Gasteiger partial charge in [0.05, 0.1) is 11.3 Å². The molecule has 2 nitrogen and oxygen atoms in total. The molecule has 0 aromatic heterocycles. The third-order valence-electron chi connectivity index (χ3n) is 2.18. The molecule has 1 amide bonds. The number of halogens is 1. The summed E-state index contributed by atoms with van der Waals surface area (Å²) in [5, 5.41) is 0.372. The largest absolute Gasteiger partial charge is 0.305 e. The highest BCUT2D eigenvalue weighted by Gasteiger charge is 2.45. The molecule has 0 aromatic carbocycles. The summed E-state index contributed by atoms with van der Waals surface area (Å²) in [5.41, 5.74) is 0. The average molecular weight is 307 g/mol. The zero-order valence-corrected chi connectivity index (χ0v) is 9.99. The summed E-state index contributed by atoms with van der Waals surface area (Å²) in [4.78, 5) is 13.3. The molecule has 4 heteroatoms. The van der Waals surface area contributed by atoms with E-state index in [2.05, 4.69) is 28.7 Å². The van der Waals surface area contributed by atoms with Crippen LogP contribution in [0.2, 0.25) is 0 Å². The van der Waals surface area contributed by atoms with Gasteiger partial charge in [0.2, 0.25) is 5.91 Å². The molecule has 0 bridgehead atoms. The van der Waals surface area contributed by atoms with Crippen LogP contribution in [0.1, 0.15) is 0 Å². The van der Waals surface area contributed by atoms with E-state index in [9.17, 15) is 4.79 Å². The summed E-state index contributed by atoms with van der Waals surface area (Å²) >= 11 is 4.12. The van der Waals surface area contributed by atoms with E-state index in [-0.39, 0.29) is 11.8 Å². The quantitative estimate of drug-likeness (QED) is 0.337. The van der Waals surface area contributed by atoms with Gasteiger partial charge in [0.15, 0.2) is 0 Å². The molecule has 0 spiro atoms. The van der Waals surface area contributed by atoms with Gasteiger partial charge in [-0.2, -0.15) is 0 Å². The maximum absolute atomic E-state index is 11.5. The van der Waals surface area contributed by atoms with Crippen LogP contribution in [0.4, 0.5) is 0 Å². The van der Waals surface area contributed by atoms with Crippen LogP contribution in [-0.4, -0.2) is 26.4 Å². The number of alkyl halides is 1. The number of thioether (sulfide) groups is 1. The Balaban J connectivity index is 2.05. The Hall–Kier alpha value is 0.0300. The molecule has 13 heavy (non-hydrogen) atoms. The number of nitrogens with zero attached hydrogens (tertiary/aromatic N) is 1. The summed E-state index contributed by atoms with van der Waals surface area (Å²) in [7, 11) is 0. The average Bonchev–Trinajstić information content (AvgIpc) is 2.18. The molecular formula is C9H10INOS. The molecule has 1 saturated heterocycles. The maximum Gasteiger partial charge on any atom is 0.237 e. The van der Waals surface area contributed by atoms with Crippen molar-refractivity contribution in [3.05, 3.63) is 24.4 Å². The van der Waals surface area contributed by atoms with Crippen LogP contribution in [-0.2, 0) is 4.79 Å². The highest BCUT2D eigenvalue weighted by Crippen LogP contribution is 2.38. The normalized spacial score (nSPS) is 32.1. The summed E-state index contributed by atoms with van der Waals surface area (Å²) in [6, 6.07) is 0. The fourth-order valence-corrected chi connectivity index (χ4v) is 2.98. The van der Waals surface area contributed by atoms with Crippen molar-refractivity contribution in [1.82, 2.24) is 4.90 Å². The second kappa shape index (κ2) is 4.04. The summed E-state index contributed by atoms with van der Waals surface area (Å²) in [5.74, 6) is 1.41. The van der Waals surface area contributed by atoms with E-state index >= 15 is 0 Å². The van der Waals surface area contributed by atoms with Crippen molar-refractivity contribution in [2.24, 2.45) is 5.92 Å². The Bertz CT molecular complexity index is 277. The fraction of sp³-hybridized carbons (Fsp3) is 0.444. The number of allylic oxidation sites excluding steroid dienone is 1. The van der Waals surface area contributed by atoms with E-state index < -0.39 is 0 Å². The van der Waals surface area contributed by atoms with Crippen LogP contribution in [0.3, 0.4) is 0 Å². The van der Waals surface area contributed by atoms with E-state index in [1.165, 1.54) is 0 Å². The first-order valence-corrected chi connectivity index (χ1v) is 6.75. The van der Waals surface area contributed by atoms with Crippen molar-refractivity contribution in [3.8, 4) is 0 Å². The van der Waals surface area contributed by atoms with Gasteiger partial charge >= 0.3 is 0 Å². The standard InChI is InChI=1S/C9H10INOS/c10-4-1-3-7-8(12)11-5-2-6-13-9(7)11/h1-3,5,7,9H,4,6H2/t7?,9-/m0/s1. The Labute approximate surface area is 95.6 Å². The predicted molar refractivity (Wildman–Crippen MR) is 63.7 cm³/mol. The molecular weight excluding hydrogens is 297 g/mol. The van der Waals surface area contributed by atoms with Gasteiger partial charge in [-0.3, -0.25) is 4.79 Å². The SMILES string of the molecule is O=C1C(C=CCI)[C@@H]2SCC=CN12. The lowest BCUT2D eigenvalue weighted by atomic mass is 9.98. The molecule has 0 saturated carbocycles. The highest BCUT2D eigenvalue weighted by molar-refractivity contribution is 14.1. The fourth-order valence-electron chi connectivity index (χ4n) is 1.54. The smallest absolute Gasteiger partial charge is 0.237 e. The number of β-lactam (4-membered cyclic amide) rings is 1. The van der Waals surface area contributed by atoms with Gasteiger partial charge in [0.1, 0.15) is 0 Å². The van der Waals surface area contributed by atoms with Crippen molar-refractivity contribution in [3.63, 3.8) is 0 Å². The van der Waals surface area contributed by atoms with Gasteiger partial charge < -0.3 is 4.90 Å². The number of hydrogen-bond donors (Lipinski definition) is 0. The topological polar surface area (TPSA) is 20.3 Å². The Kier molecular flexibility index (Phi) is 2.98. The Morgan fingerprint density at radius 3 is 3.38 bits per heavy atom. The number of amides is 1. The number of fused-ring (bicyclic) bond motifs is 1. The van der Waals surface area contributed by atoms with E-state index in [4.69, 9.17) is 0 Å². The van der Waals surface area contributed by atoms with Crippen molar-refractivity contribution in [2.45, 2.75) is 5.37 Å². The minimum absolute atomic E-state index is 0.129. The number of carbonyl (C=O) groups excluding carboxylic acids is 1. The third kappa shape index (κ3) is 1.66. The molecule has 2 aliphatic rings. The van der Waals surface area contributed by atoms with E-state index in [1.54, 1.807) is 0 Å². The van der Waals surface area contributed by atoms with Gasteiger partial charge in [0.25, 0.3) is 0 Å². The van der Waals surface area contributed by atoms with Crippen molar-refractivity contribution in [1.29, 1.82) is 0 Å². The molecule has 2 rings (SSSR count). The minimum atomic E-state index is 0.129. The Morgan fingerprint density at radius 2 is 2.62 bits per heavy atom. The summed E-state index contributed by atoms with van der Waals surface area (Å²) in [6.45, 7) is 0. The molecule has 2 heterocycles. The molecule has 0 aliphatic carbocycles. The highest BCUT2D eigenvalue weighted by atomic mass is 127. The second-order valence-corrected chi connectivity index (χ2v) is 4.99. The molecule has 2 atom stereocenters. The van der Waals surface area contributed by atoms with Gasteiger partial charge in [0, 0.05) is 16.4 Å². The van der Waals surface area contributed by atoms with Gasteiger partial charge in [-0.05, 0) is 0 Å². The molecule has 0 N–H and O–H groups in total. The van der Waals surface area contributed by atoms with Gasteiger partial charge in [-0.15, -0.1) is 11.8 Å². The van der Waals surface area contributed by atoms with Crippen molar-refractivity contribution in [2.75, 3.05) is 10.2 Å². The van der Waals surface area contributed by atoms with Crippen molar-refractivity contribution < 1.29 is 4.79 Å². The first kappa shape index (κ1) is 9.58. The van der Waals surface area contributed by atoms with Crippen LogP contribution < -0.4 is 0 Å². The number of carbonyl (C=O) groups is 1. The molecule has 0 radical (unpaired) electrons. The van der Waals surface area contributed by atoms with E-state index in [0.29, 0.717) is 5.37 Å². The lowest BCUT2D eigenvalue weighted by Gasteiger charge is -2.45. The van der Waals surface area contributed by atoms with E-state index in [0.717, 1.165) is 10.2 Å². The zero-order valence-electron chi connectivity index (χ0n) is 7.02. The van der Waals surface area contributed by atoms with Crippen LogP contribution in [0.15, 0.2) is 24.4 Å². The first-order chi connectivity index (χ1) is 6.34. The lowest BCUT2D eigenvalue weighted by Crippen LogP contribution is -2.56. The van der Waals surface area contributed by atoms with Crippen LogP contribution in [0.25, 0.3) is 0 Å². The summed E-state index contributed by atoms with van der Waals surface area (Å²) in [6.07, 6.45) is 8.07. The number of rotatable bonds is 2. The monoisotopic (exact) mass is 307 g/mol. The van der Waals surface area contributed by atoms with Crippen LogP contribution in [0, 0.1) is 5.92 Å². The molecule has 70 valence electrons. The number of hydrogen-bond acceptors (Lipinski definition) is 2. The Morgan fingerprint density at radius 1 is 1.77 bits per heavy atom. The van der Waals surface area contributed by atoms with E-state index in [1.807, 2.05) is 35.0 Å². The maximum atomic E-state index is 11.5. The van der Waals surface area contributed by atoms with Crippen LogP contribution >= 0.6 is 34.4 Å². The molecule has 1 unspecified atom stereocenters. The predicted octanol–water partition coefficient (Wildman–Crippen LogP) is 2.02. The minimum Gasteiger partial charge on any atom is -0.305 e. The zero-order chi connectivity index (χ0) is 9.26. The van der Waals surface area contributed by atoms with Gasteiger partial charge in [-0.25, -0.2) is 0 Å². The molecule has 2 aliphatic heterocycles. The third-order valence-corrected chi connectivity index (χ3v) is 3.94. The second-order valence-electron chi connectivity index (χ2n) is 2.96. The van der Waals surface area contributed by atoms with Gasteiger partial charge in [-0.1, -0.05) is 40.8 Å². The first-order valence-electron chi connectivity index (χ1n) is 4.17. The molecule has 1 fully saturated rings.